The molecule has 3 N–H and O–H groups in total. The first kappa shape index (κ1) is 41.2. The van der Waals surface area contributed by atoms with E-state index in [1.807, 2.05) is 0 Å². The fraction of sp³-hybridized carbons (Fsp3) is 0.564. The Hall–Kier alpha value is -4.44. The molecule has 17 heteroatoms. The molecule has 0 aromatic heterocycles. The fourth-order valence-electron chi connectivity index (χ4n) is 7.82. The molecular weight excluding hydrogens is 769 g/mol. The Kier molecular flexibility index (Phi) is 12.2. The van der Waals surface area contributed by atoms with Gasteiger partial charge in [0.2, 0.25) is 21.8 Å². The molecule has 4 aliphatic rings. The highest BCUT2D eigenvalue weighted by molar-refractivity contribution is 7.89. The third-order valence-corrected chi connectivity index (χ3v) is 12.2. The lowest BCUT2D eigenvalue weighted by molar-refractivity contribution is -0.141. The number of halogens is 2. The van der Waals surface area contributed by atoms with E-state index in [2.05, 4.69) is 15.4 Å². The number of carbonyl (C=O) groups is 5. The number of sulfonamides is 1. The van der Waals surface area contributed by atoms with E-state index >= 15 is 0 Å². The number of carbonyl (C=O) groups excluding carboxylic acids is 5. The highest BCUT2D eigenvalue weighted by Gasteiger charge is 2.62. The quantitative estimate of drug-likeness (QED) is 0.359. The second-order valence-corrected chi connectivity index (χ2v) is 18.4. The Morgan fingerprint density at radius 2 is 1.70 bits per heavy atom. The number of hydrogen-bond acceptors (Lipinski definition) is 9. The minimum absolute atomic E-state index is 0.0120. The molecule has 2 saturated heterocycles. The van der Waals surface area contributed by atoms with Crippen molar-refractivity contribution in [3.05, 3.63) is 70.0 Å². The van der Waals surface area contributed by atoms with Crippen LogP contribution in [0, 0.1) is 11.7 Å². The standard InChI is InChI=1S/C39H49ClFN5O9S/c1-38(2,3)55-36(50)42-31-13-8-6-4-5-7-11-26-19-39(26,35(49)44-56(52,53)23-24-14-16-27(40)17-15-24)43-33(47)32-18-28(21-46(32)34(31)48)54-37(51)45-20-25-10-9-12-30(41)29(25)22-45/h9-10,12,14-17,26,28,31-32H,4-8,11,13,18-23H2,1-3H3,(H,42,50)(H,43,47)(H,44,49)/t26-,28-,31+,32+,39-/m1/s1. The van der Waals surface area contributed by atoms with Crippen molar-refractivity contribution in [1.82, 2.24) is 25.2 Å². The molecule has 0 radical (unpaired) electrons. The fourth-order valence-corrected chi connectivity index (χ4v) is 9.11. The summed E-state index contributed by atoms with van der Waals surface area (Å²) in [5, 5.41) is 5.93. The summed E-state index contributed by atoms with van der Waals surface area (Å²) in [6, 6.07) is 8.42. The van der Waals surface area contributed by atoms with E-state index < -0.39 is 80.8 Å². The van der Waals surface area contributed by atoms with Gasteiger partial charge in [0.25, 0.3) is 5.91 Å². The molecule has 5 amide bonds. The largest absolute Gasteiger partial charge is 0.444 e. The van der Waals surface area contributed by atoms with Crippen molar-refractivity contribution < 1.29 is 46.3 Å². The number of hydrogen-bond donors (Lipinski definition) is 3. The van der Waals surface area contributed by atoms with Crippen molar-refractivity contribution in [3.8, 4) is 0 Å². The van der Waals surface area contributed by atoms with Gasteiger partial charge in [0.15, 0.2) is 0 Å². The van der Waals surface area contributed by atoms with E-state index in [4.69, 9.17) is 21.1 Å². The molecule has 56 heavy (non-hydrogen) atoms. The second-order valence-electron chi connectivity index (χ2n) is 16.2. The lowest BCUT2D eigenvalue weighted by Crippen LogP contribution is -2.58. The van der Waals surface area contributed by atoms with Gasteiger partial charge in [-0.3, -0.25) is 24.0 Å². The third-order valence-electron chi connectivity index (χ3n) is 10.7. The van der Waals surface area contributed by atoms with E-state index in [0.717, 1.165) is 25.7 Å². The predicted molar refractivity (Wildman–Crippen MR) is 203 cm³/mol. The van der Waals surface area contributed by atoms with Gasteiger partial charge in [-0.2, -0.15) is 0 Å². The van der Waals surface area contributed by atoms with Crippen molar-refractivity contribution in [1.29, 1.82) is 0 Å². The van der Waals surface area contributed by atoms with Gasteiger partial charge in [0.05, 0.1) is 18.8 Å². The number of nitrogens with zero attached hydrogens (tertiary/aromatic N) is 2. The number of fused-ring (bicyclic) bond motifs is 3. The van der Waals surface area contributed by atoms with Crippen molar-refractivity contribution in [2.75, 3.05) is 6.54 Å². The summed E-state index contributed by atoms with van der Waals surface area (Å²) in [5.41, 5.74) is -0.980. The first-order valence-corrected chi connectivity index (χ1v) is 21.1. The molecule has 2 aromatic carbocycles. The zero-order valence-electron chi connectivity index (χ0n) is 31.8. The molecule has 0 spiro atoms. The first-order valence-electron chi connectivity index (χ1n) is 19.1. The molecule has 14 nitrogen and oxygen atoms in total. The van der Waals surface area contributed by atoms with Crippen LogP contribution in [0.2, 0.25) is 5.02 Å². The Morgan fingerprint density at radius 3 is 2.39 bits per heavy atom. The van der Waals surface area contributed by atoms with Crippen molar-refractivity contribution in [2.45, 2.75) is 127 Å². The molecule has 1 aliphatic carbocycles. The minimum atomic E-state index is -4.20. The van der Waals surface area contributed by atoms with Crippen LogP contribution in [0.25, 0.3) is 0 Å². The molecule has 2 aromatic rings. The molecule has 3 aliphatic heterocycles. The highest BCUT2D eigenvalue weighted by atomic mass is 35.5. The topological polar surface area (TPSA) is 181 Å². The summed E-state index contributed by atoms with van der Waals surface area (Å²) in [7, 11) is -4.20. The third kappa shape index (κ3) is 9.92. The van der Waals surface area contributed by atoms with Crippen molar-refractivity contribution >= 4 is 51.5 Å². The molecule has 3 fully saturated rings. The van der Waals surface area contributed by atoms with Gasteiger partial charge in [0, 0.05) is 23.6 Å². The van der Waals surface area contributed by atoms with E-state index in [9.17, 15) is 36.8 Å². The molecule has 0 unspecified atom stereocenters. The Bertz CT molecular complexity index is 1960. The molecule has 304 valence electrons. The molecular formula is C39H49ClFN5O9S. The Labute approximate surface area is 331 Å². The van der Waals surface area contributed by atoms with Crippen LogP contribution >= 0.6 is 11.6 Å². The van der Waals surface area contributed by atoms with Crippen LogP contribution in [-0.4, -0.2) is 84.0 Å². The Morgan fingerprint density at radius 1 is 1.00 bits per heavy atom. The highest BCUT2D eigenvalue weighted by Crippen LogP contribution is 2.48. The van der Waals surface area contributed by atoms with Gasteiger partial charge in [-0.05, 0) is 75.3 Å². The maximum Gasteiger partial charge on any atom is 0.410 e. The molecule has 6 rings (SSSR count). The van der Waals surface area contributed by atoms with Gasteiger partial charge in [-0.1, -0.05) is 68.0 Å². The summed E-state index contributed by atoms with van der Waals surface area (Å²) in [4.78, 5) is 71.6. The second kappa shape index (κ2) is 16.6. The maximum atomic E-state index is 14.5. The van der Waals surface area contributed by atoms with Gasteiger partial charge in [0.1, 0.15) is 35.1 Å². The summed E-state index contributed by atoms with van der Waals surface area (Å²) < 4.78 is 54.4. The van der Waals surface area contributed by atoms with E-state index in [1.165, 1.54) is 28.0 Å². The summed E-state index contributed by atoms with van der Waals surface area (Å²) in [5.74, 6) is -3.51. The monoisotopic (exact) mass is 817 g/mol. The van der Waals surface area contributed by atoms with Gasteiger partial charge >= 0.3 is 12.2 Å². The zero-order chi connectivity index (χ0) is 40.4. The Balaban J connectivity index is 1.24. The summed E-state index contributed by atoms with van der Waals surface area (Å²) >= 11 is 5.95. The molecule has 5 atom stereocenters. The molecule has 1 saturated carbocycles. The molecule has 0 bridgehead atoms. The average molecular weight is 818 g/mol. The van der Waals surface area contributed by atoms with Crippen LogP contribution in [0.15, 0.2) is 42.5 Å². The van der Waals surface area contributed by atoms with Crippen LogP contribution < -0.4 is 15.4 Å². The lowest BCUT2D eigenvalue weighted by Gasteiger charge is -2.30. The smallest absolute Gasteiger partial charge is 0.410 e. The normalized spacial score (nSPS) is 25.7. The van der Waals surface area contributed by atoms with E-state index in [0.29, 0.717) is 34.6 Å². The first-order chi connectivity index (χ1) is 26.4. The SMILES string of the molecule is CC(C)(C)OC(=O)N[C@H]1CCCCCCC[C@@H]2C[C@@]2(C(=O)NS(=O)(=O)Cc2ccc(Cl)cc2)NC(=O)[C@@H]2C[C@@H](OC(=O)N3Cc4cccc(F)c4C3)CN2C1=O. The zero-order valence-corrected chi connectivity index (χ0v) is 33.3. The van der Waals surface area contributed by atoms with Gasteiger partial charge in [-0.15, -0.1) is 0 Å². The number of alkyl carbamates (subject to hydrolysis) is 1. The van der Waals surface area contributed by atoms with Crippen LogP contribution in [0.1, 0.15) is 95.2 Å². The van der Waals surface area contributed by atoms with Crippen LogP contribution in [0.5, 0.6) is 0 Å². The maximum absolute atomic E-state index is 14.5. The number of benzene rings is 2. The van der Waals surface area contributed by atoms with E-state index in [-0.39, 0.29) is 44.8 Å². The van der Waals surface area contributed by atoms with Gasteiger partial charge in [-0.25, -0.2) is 22.4 Å². The van der Waals surface area contributed by atoms with Crippen molar-refractivity contribution in [2.24, 2.45) is 5.92 Å². The lowest BCUT2D eigenvalue weighted by atomic mass is 10.0. The van der Waals surface area contributed by atoms with Crippen LogP contribution in [0.3, 0.4) is 0 Å². The van der Waals surface area contributed by atoms with Gasteiger partial charge < -0.3 is 25.0 Å². The molecule has 3 heterocycles. The van der Waals surface area contributed by atoms with Crippen LogP contribution in [-0.2, 0) is 52.7 Å². The number of nitrogens with one attached hydrogen (secondary N) is 3. The number of ether oxygens (including phenoxy) is 2. The summed E-state index contributed by atoms with van der Waals surface area (Å²) in [6.45, 7) is 4.98. The predicted octanol–water partition coefficient (Wildman–Crippen LogP) is 5.06. The van der Waals surface area contributed by atoms with Crippen molar-refractivity contribution in [3.63, 3.8) is 0 Å². The minimum Gasteiger partial charge on any atom is -0.444 e. The van der Waals surface area contributed by atoms with E-state index in [1.54, 1.807) is 45.0 Å². The summed E-state index contributed by atoms with van der Waals surface area (Å²) in [6.07, 6.45) is 2.00. The average Bonchev–Trinajstić information content (AvgIpc) is 3.40. The number of rotatable bonds is 6. The van der Waals surface area contributed by atoms with Crippen LogP contribution in [0.4, 0.5) is 14.0 Å². The number of amides is 5.